The van der Waals surface area contributed by atoms with Crippen molar-refractivity contribution < 1.29 is 4.92 Å². The van der Waals surface area contributed by atoms with Crippen molar-refractivity contribution in [1.82, 2.24) is 4.57 Å². The zero-order valence-electron chi connectivity index (χ0n) is 9.03. The lowest BCUT2D eigenvalue weighted by Crippen LogP contribution is -2.13. The molecule has 0 atom stereocenters. The van der Waals surface area contributed by atoms with Crippen LogP contribution < -0.4 is 10.6 Å². The number of nitro groups is 1. The average molecular weight is 250 g/mol. The Kier molecular flexibility index (Phi) is 2.92. The summed E-state index contributed by atoms with van der Waals surface area (Å²) in [5, 5.41) is 16.2. The molecule has 7 heteroatoms. The summed E-state index contributed by atoms with van der Waals surface area (Å²) in [5.41, 5.74) is 1.69. The van der Waals surface area contributed by atoms with Crippen molar-refractivity contribution in [3.05, 3.63) is 44.6 Å². The van der Waals surface area contributed by atoms with Crippen LogP contribution in [0.1, 0.15) is 0 Å². The molecule has 1 aromatic carbocycles. The van der Waals surface area contributed by atoms with Gasteiger partial charge in [0, 0.05) is 30.1 Å². The Hall–Kier alpha value is -2.15. The fraction of sp³-hybridized carbons (Fsp3) is 0.100. The molecule has 0 aliphatic carbocycles. The Labute approximate surface area is 101 Å². The van der Waals surface area contributed by atoms with Gasteiger partial charge in [0.1, 0.15) is 0 Å². The number of hydrogen-bond donors (Lipinski definition) is 1. The van der Waals surface area contributed by atoms with E-state index in [1.54, 1.807) is 10.6 Å². The zero-order chi connectivity index (χ0) is 12.4. The number of nitro benzene ring substituents is 1. The number of thiazole rings is 1. The van der Waals surface area contributed by atoms with Gasteiger partial charge in [-0.3, -0.25) is 10.1 Å². The summed E-state index contributed by atoms with van der Waals surface area (Å²) in [6, 6.07) is 6.46. The smallest absolute Gasteiger partial charge is 0.270 e. The molecule has 0 saturated carbocycles. The molecule has 0 spiro atoms. The lowest BCUT2D eigenvalue weighted by atomic mass is 10.1. The van der Waals surface area contributed by atoms with E-state index in [1.165, 1.54) is 23.5 Å². The molecule has 88 valence electrons. The highest BCUT2D eigenvalue weighted by Crippen LogP contribution is 2.23. The third-order valence-corrected chi connectivity index (χ3v) is 3.32. The van der Waals surface area contributed by atoms with Crippen LogP contribution in [0.3, 0.4) is 0 Å². The average Bonchev–Trinajstić information content (AvgIpc) is 2.70. The highest BCUT2D eigenvalue weighted by Gasteiger charge is 2.09. The predicted molar refractivity (Wildman–Crippen MR) is 65.1 cm³/mol. The highest BCUT2D eigenvalue weighted by atomic mass is 32.1. The van der Waals surface area contributed by atoms with E-state index in [4.69, 9.17) is 5.84 Å². The van der Waals surface area contributed by atoms with Gasteiger partial charge in [-0.05, 0) is 0 Å². The zero-order valence-corrected chi connectivity index (χ0v) is 9.85. The summed E-state index contributed by atoms with van der Waals surface area (Å²) >= 11 is 1.39. The van der Waals surface area contributed by atoms with Crippen molar-refractivity contribution in [3.8, 4) is 11.3 Å². The normalized spacial score (nSPS) is 11.7. The number of aromatic nitrogens is 1. The lowest BCUT2D eigenvalue weighted by molar-refractivity contribution is -0.384. The van der Waals surface area contributed by atoms with Crippen LogP contribution in [0.4, 0.5) is 5.69 Å². The van der Waals surface area contributed by atoms with Crippen molar-refractivity contribution >= 4 is 17.0 Å². The maximum absolute atomic E-state index is 10.7. The van der Waals surface area contributed by atoms with Gasteiger partial charge in [0.15, 0.2) is 0 Å². The quantitative estimate of drug-likeness (QED) is 0.497. The van der Waals surface area contributed by atoms with Crippen LogP contribution in [0.15, 0.2) is 34.7 Å². The molecule has 0 aliphatic rings. The minimum atomic E-state index is -0.413. The molecule has 0 unspecified atom stereocenters. The first-order valence-electron chi connectivity index (χ1n) is 4.76. The van der Waals surface area contributed by atoms with Gasteiger partial charge in [0.25, 0.3) is 5.69 Å². The van der Waals surface area contributed by atoms with E-state index in [9.17, 15) is 10.1 Å². The number of benzene rings is 1. The van der Waals surface area contributed by atoms with Crippen molar-refractivity contribution in [2.45, 2.75) is 0 Å². The summed E-state index contributed by atoms with van der Waals surface area (Å²) in [5.74, 6) is 5.23. The van der Waals surface area contributed by atoms with E-state index in [2.05, 4.69) is 5.10 Å². The monoisotopic (exact) mass is 250 g/mol. The van der Waals surface area contributed by atoms with Gasteiger partial charge in [-0.25, -0.2) is 0 Å². The van der Waals surface area contributed by atoms with E-state index >= 15 is 0 Å². The first-order chi connectivity index (χ1) is 8.13. The molecule has 2 N–H and O–H groups in total. The second kappa shape index (κ2) is 4.38. The minimum absolute atomic E-state index is 0.0694. The molecule has 6 nitrogen and oxygen atoms in total. The van der Waals surface area contributed by atoms with Crippen LogP contribution in [-0.4, -0.2) is 9.49 Å². The van der Waals surface area contributed by atoms with Crippen molar-refractivity contribution in [3.63, 3.8) is 0 Å². The van der Waals surface area contributed by atoms with Crippen molar-refractivity contribution in [2.75, 3.05) is 0 Å². The predicted octanol–water partition coefficient (Wildman–Crippen LogP) is 1.44. The number of hydrogen-bond acceptors (Lipinski definition) is 5. The maximum atomic E-state index is 10.7. The second-order valence-electron chi connectivity index (χ2n) is 3.40. The van der Waals surface area contributed by atoms with Gasteiger partial charge in [-0.2, -0.15) is 5.10 Å². The summed E-state index contributed by atoms with van der Waals surface area (Å²) in [6.45, 7) is 0. The second-order valence-corrected chi connectivity index (χ2v) is 4.24. The van der Waals surface area contributed by atoms with Crippen molar-refractivity contribution in [2.24, 2.45) is 18.0 Å². The molecule has 0 bridgehead atoms. The molecule has 0 radical (unpaired) electrons. The lowest BCUT2D eigenvalue weighted by Gasteiger charge is -2.02. The van der Waals surface area contributed by atoms with Crippen LogP contribution in [-0.2, 0) is 7.05 Å². The third kappa shape index (κ3) is 2.04. The summed E-state index contributed by atoms with van der Waals surface area (Å²) < 4.78 is 1.80. The van der Waals surface area contributed by atoms with E-state index in [0.717, 1.165) is 11.3 Å². The van der Waals surface area contributed by atoms with Gasteiger partial charge in [-0.1, -0.05) is 12.1 Å². The largest absolute Gasteiger partial charge is 0.320 e. The maximum Gasteiger partial charge on any atom is 0.270 e. The van der Waals surface area contributed by atoms with Gasteiger partial charge in [-0.15, -0.1) is 11.3 Å². The first-order valence-corrected chi connectivity index (χ1v) is 5.64. The molecule has 0 fully saturated rings. The molecule has 0 saturated heterocycles. The van der Waals surface area contributed by atoms with Crippen LogP contribution in [0.5, 0.6) is 0 Å². The Morgan fingerprint density at radius 3 is 2.88 bits per heavy atom. The fourth-order valence-electron chi connectivity index (χ4n) is 1.53. The van der Waals surface area contributed by atoms with E-state index in [0.29, 0.717) is 4.80 Å². The van der Waals surface area contributed by atoms with E-state index in [1.807, 2.05) is 18.5 Å². The summed E-state index contributed by atoms with van der Waals surface area (Å²) in [6.07, 6.45) is 0. The van der Waals surface area contributed by atoms with Gasteiger partial charge in [0.05, 0.1) is 10.6 Å². The fourth-order valence-corrected chi connectivity index (χ4v) is 2.36. The number of non-ortho nitro benzene ring substituents is 1. The van der Waals surface area contributed by atoms with Crippen molar-refractivity contribution in [1.29, 1.82) is 0 Å². The van der Waals surface area contributed by atoms with Crippen LogP contribution in [0, 0.1) is 10.1 Å². The molecule has 1 heterocycles. The molecular weight excluding hydrogens is 240 g/mol. The Bertz CT molecular complexity index is 629. The van der Waals surface area contributed by atoms with E-state index < -0.39 is 4.92 Å². The standard InChI is InChI=1S/C10H10N4O2S/c1-13-9(6-17-10(13)12-11)7-3-2-4-8(5-7)14(15)16/h2-6H,11H2,1H3/b12-10+. The minimum Gasteiger partial charge on any atom is -0.320 e. The molecule has 1 aromatic heterocycles. The molecule has 2 aromatic rings. The molecule has 0 amide bonds. The first kappa shape index (κ1) is 11.3. The number of nitrogens with zero attached hydrogens (tertiary/aromatic N) is 3. The van der Waals surface area contributed by atoms with Gasteiger partial charge < -0.3 is 10.4 Å². The summed E-state index contributed by atoms with van der Waals surface area (Å²) in [7, 11) is 1.82. The highest BCUT2D eigenvalue weighted by molar-refractivity contribution is 7.07. The topological polar surface area (TPSA) is 86.4 Å². The number of rotatable bonds is 2. The van der Waals surface area contributed by atoms with Crippen LogP contribution in [0.25, 0.3) is 11.3 Å². The molecular formula is C10H10N4O2S. The van der Waals surface area contributed by atoms with E-state index in [-0.39, 0.29) is 5.69 Å². The molecule has 0 aliphatic heterocycles. The molecule has 2 rings (SSSR count). The molecule has 17 heavy (non-hydrogen) atoms. The Balaban J connectivity index is 2.57. The Morgan fingerprint density at radius 1 is 1.53 bits per heavy atom. The van der Waals surface area contributed by atoms with Crippen LogP contribution >= 0.6 is 11.3 Å². The summed E-state index contributed by atoms with van der Waals surface area (Å²) in [4.78, 5) is 10.9. The SMILES string of the molecule is Cn1c(-c2cccc([N+](=O)[O-])c2)cs/c1=N/N. The van der Waals surface area contributed by atoms with Gasteiger partial charge in [0.2, 0.25) is 4.80 Å². The number of nitrogens with two attached hydrogens (primary N) is 1. The Morgan fingerprint density at radius 2 is 2.29 bits per heavy atom. The van der Waals surface area contributed by atoms with Crippen LogP contribution in [0.2, 0.25) is 0 Å². The van der Waals surface area contributed by atoms with Gasteiger partial charge >= 0.3 is 0 Å². The third-order valence-electron chi connectivity index (χ3n) is 2.39.